The average Bonchev–Trinajstić information content (AvgIpc) is 2.99. The van der Waals surface area contributed by atoms with Gasteiger partial charge < -0.3 is 10.4 Å². The minimum absolute atomic E-state index is 0.000787. The van der Waals surface area contributed by atoms with Gasteiger partial charge in [0.25, 0.3) is 5.56 Å². The second kappa shape index (κ2) is 7.12. The molecule has 0 saturated carbocycles. The van der Waals surface area contributed by atoms with Crippen LogP contribution in [0.3, 0.4) is 0 Å². The number of benzene rings is 1. The van der Waals surface area contributed by atoms with E-state index in [0.717, 1.165) is 4.57 Å². The number of nitrogens with one attached hydrogen (secondary N) is 1. The zero-order valence-corrected chi connectivity index (χ0v) is 14.6. The van der Waals surface area contributed by atoms with Gasteiger partial charge in [0, 0.05) is 32.8 Å². The highest BCUT2D eigenvalue weighted by Gasteiger charge is 2.19. The van der Waals surface area contributed by atoms with Crippen LogP contribution >= 0.6 is 0 Å². The fourth-order valence-electron chi connectivity index (χ4n) is 2.81. The maximum absolute atomic E-state index is 14.1. The number of aryl methyl sites for hydroxylation is 1. The number of anilines is 1. The Morgan fingerprint density at radius 3 is 2.62 bits per heavy atom. The van der Waals surface area contributed by atoms with Crippen molar-refractivity contribution >= 4 is 17.1 Å². The summed E-state index contributed by atoms with van der Waals surface area (Å²) in [6, 6.07) is 6.28. The van der Waals surface area contributed by atoms with Crippen molar-refractivity contribution in [2.24, 2.45) is 14.1 Å². The summed E-state index contributed by atoms with van der Waals surface area (Å²) in [5.74, 6) is -0.0488. The van der Waals surface area contributed by atoms with Crippen molar-refractivity contribution in [3.05, 3.63) is 56.5 Å². The van der Waals surface area contributed by atoms with E-state index in [-0.39, 0.29) is 24.3 Å². The van der Waals surface area contributed by atoms with Crippen LogP contribution in [-0.2, 0) is 20.6 Å². The van der Waals surface area contributed by atoms with Crippen LogP contribution in [0.15, 0.2) is 33.9 Å². The summed E-state index contributed by atoms with van der Waals surface area (Å²) in [4.78, 5) is 29.2. The number of hydrogen-bond donors (Lipinski definition) is 2. The van der Waals surface area contributed by atoms with E-state index < -0.39 is 17.1 Å². The summed E-state index contributed by atoms with van der Waals surface area (Å²) in [6.07, 6.45) is 0.486. The van der Waals surface area contributed by atoms with Crippen LogP contribution in [0.4, 0.5) is 10.3 Å². The van der Waals surface area contributed by atoms with Crippen molar-refractivity contribution in [1.29, 1.82) is 0 Å². The lowest BCUT2D eigenvalue weighted by Gasteiger charge is -2.11. The van der Waals surface area contributed by atoms with E-state index >= 15 is 0 Å². The number of hydrogen-bond acceptors (Lipinski definition) is 5. The van der Waals surface area contributed by atoms with Gasteiger partial charge in [-0.15, -0.1) is 0 Å². The molecule has 26 heavy (non-hydrogen) atoms. The summed E-state index contributed by atoms with van der Waals surface area (Å²) in [7, 11) is 2.92. The van der Waals surface area contributed by atoms with E-state index in [1.54, 1.807) is 22.8 Å². The summed E-state index contributed by atoms with van der Waals surface area (Å²) in [5.41, 5.74) is -0.152. The van der Waals surface area contributed by atoms with Gasteiger partial charge in [-0.05, 0) is 12.5 Å². The molecule has 0 aliphatic rings. The molecule has 0 unspecified atom stereocenters. The predicted molar refractivity (Wildman–Crippen MR) is 95.9 cm³/mol. The first kappa shape index (κ1) is 17.9. The number of fused-ring (bicyclic) bond motifs is 1. The highest BCUT2D eigenvalue weighted by molar-refractivity contribution is 5.74. The number of aliphatic hydroxyl groups is 1. The molecule has 2 aromatic heterocycles. The Bertz CT molecular complexity index is 1070. The molecule has 9 heteroatoms. The lowest BCUT2D eigenvalue weighted by atomic mass is 10.2. The van der Waals surface area contributed by atoms with Gasteiger partial charge >= 0.3 is 5.69 Å². The summed E-state index contributed by atoms with van der Waals surface area (Å²) in [5, 5.41) is 12.0. The normalized spacial score (nSPS) is 11.2. The zero-order valence-electron chi connectivity index (χ0n) is 14.6. The monoisotopic (exact) mass is 361 g/mol. The van der Waals surface area contributed by atoms with Crippen molar-refractivity contribution in [2.45, 2.75) is 13.0 Å². The highest BCUT2D eigenvalue weighted by atomic mass is 19.1. The van der Waals surface area contributed by atoms with Crippen LogP contribution in [0.1, 0.15) is 12.0 Å². The fraction of sp³-hybridized carbons (Fsp3) is 0.353. The third-order valence-corrected chi connectivity index (χ3v) is 4.25. The molecule has 0 saturated heterocycles. The predicted octanol–water partition coefficient (Wildman–Crippen LogP) is 0.415. The Morgan fingerprint density at radius 1 is 1.19 bits per heavy atom. The molecule has 3 aromatic rings. The molecule has 2 N–H and O–H groups in total. The van der Waals surface area contributed by atoms with Crippen LogP contribution in [0.25, 0.3) is 11.2 Å². The van der Waals surface area contributed by atoms with Gasteiger partial charge in [-0.25, -0.2) is 9.18 Å². The number of aliphatic hydroxyl groups excluding tert-OH is 1. The Labute approximate surface area is 148 Å². The minimum Gasteiger partial charge on any atom is -0.396 e. The second-order valence-corrected chi connectivity index (χ2v) is 5.99. The lowest BCUT2D eigenvalue weighted by Crippen LogP contribution is -2.37. The first-order valence-corrected chi connectivity index (χ1v) is 8.20. The maximum atomic E-state index is 14.1. The quantitative estimate of drug-likeness (QED) is 0.621. The third-order valence-electron chi connectivity index (χ3n) is 4.25. The van der Waals surface area contributed by atoms with E-state index in [9.17, 15) is 14.0 Å². The molecule has 0 radical (unpaired) electrons. The molecule has 1 aromatic carbocycles. The van der Waals surface area contributed by atoms with Gasteiger partial charge in [-0.2, -0.15) is 4.98 Å². The molecule has 0 bridgehead atoms. The van der Waals surface area contributed by atoms with Gasteiger partial charge in [0.2, 0.25) is 5.95 Å². The molecule has 0 atom stereocenters. The molecular weight excluding hydrogens is 341 g/mol. The summed E-state index contributed by atoms with van der Waals surface area (Å²) < 4.78 is 18.0. The van der Waals surface area contributed by atoms with E-state index in [1.807, 2.05) is 0 Å². The SMILES string of the molecule is Cn1c(=O)c2c(nc(NCCCO)n2Cc2ccccc2F)n(C)c1=O. The molecule has 0 fully saturated rings. The molecule has 8 nitrogen and oxygen atoms in total. The number of imidazole rings is 1. The standard InChI is InChI=1S/C17H20FN5O3/c1-21-14-13(15(25)22(2)17(21)26)23(16(20-14)19-8-5-9-24)10-11-6-3-4-7-12(11)18/h3-4,6-7,24H,5,8-10H2,1-2H3,(H,19,20). The van der Waals surface area contributed by atoms with Crippen molar-refractivity contribution in [3.63, 3.8) is 0 Å². The zero-order chi connectivity index (χ0) is 18.8. The van der Waals surface area contributed by atoms with Gasteiger partial charge in [0.05, 0.1) is 6.54 Å². The van der Waals surface area contributed by atoms with Crippen molar-refractivity contribution in [3.8, 4) is 0 Å². The van der Waals surface area contributed by atoms with E-state index in [4.69, 9.17) is 5.11 Å². The fourth-order valence-corrected chi connectivity index (χ4v) is 2.81. The molecule has 0 amide bonds. The van der Waals surface area contributed by atoms with Crippen LogP contribution in [0.2, 0.25) is 0 Å². The summed E-state index contributed by atoms with van der Waals surface area (Å²) in [6.45, 7) is 0.504. The average molecular weight is 361 g/mol. The van der Waals surface area contributed by atoms with Gasteiger partial charge in [0.15, 0.2) is 11.2 Å². The van der Waals surface area contributed by atoms with Crippen LogP contribution in [-0.4, -0.2) is 36.9 Å². The van der Waals surface area contributed by atoms with E-state index in [0.29, 0.717) is 24.5 Å². The molecule has 2 heterocycles. The molecule has 138 valence electrons. The van der Waals surface area contributed by atoms with Crippen LogP contribution in [0.5, 0.6) is 0 Å². The van der Waals surface area contributed by atoms with Crippen molar-refractivity contribution in [2.75, 3.05) is 18.5 Å². The Hall–Kier alpha value is -2.94. The Morgan fingerprint density at radius 2 is 1.92 bits per heavy atom. The molecule has 0 spiro atoms. The maximum Gasteiger partial charge on any atom is 0.332 e. The van der Waals surface area contributed by atoms with Gasteiger partial charge in [-0.1, -0.05) is 18.2 Å². The Kier molecular flexibility index (Phi) is 4.90. The van der Waals surface area contributed by atoms with Crippen LogP contribution in [0, 0.1) is 5.82 Å². The first-order valence-electron chi connectivity index (χ1n) is 8.20. The van der Waals surface area contributed by atoms with E-state index in [2.05, 4.69) is 10.3 Å². The molecule has 3 rings (SSSR count). The van der Waals surface area contributed by atoms with Crippen molar-refractivity contribution in [1.82, 2.24) is 18.7 Å². The summed E-state index contributed by atoms with van der Waals surface area (Å²) >= 11 is 0. The number of rotatable bonds is 6. The smallest absolute Gasteiger partial charge is 0.332 e. The third kappa shape index (κ3) is 3.01. The number of aromatic nitrogens is 4. The molecule has 0 aliphatic carbocycles. The first-order chi connectivity index (χ1) is 12.5. The molecule has 0 aliphatic heterocycles. The number of nitrogens with zero attached hydrogens (tertiary/aromatic N) is 4. The molecular formula is C17H20FN5O3. The van der Waals surface area contributed by atoms with E-state index in [1.165, 1.54) is 24.7 Å². The van der Waals surface area contributed by atoms with Crippen molar-refractivity contribution < 1.29 is 9.50 Å². The van der Waals surface area contributed by atoms with Gasteiger partial charge in [0.1, 0.15) is 5.82 Å². The number of halogens is 1. The lowest BCUT2D eigenvalue weighted by molar-refractivity contribution is 0.292. The van der Waals surface area contributed by atoms with Gasteiger partial charge in [-0.3, -0.25) is 18.5 Å². The van der Waals surface area contributed by atoms with Crippen LogP contribution < -0.4 is 16.6 Å². The second-order valence-electron chi connectivity index (χ2n) is 5.99. The highest BCUT2D eigenvalue weighted by Crippen LogP contribution is 2.19. The Balaban J connectivity index is 2.23. The topological polar surface area (TPSA) is 94.1 Å². The minimum atomic E-state index is -0.498. The largest absolute Gasteiger partial charge is 0.396 e.